The van der Waals surface area contributed by atoms with Crippen LogP contribution >= 0.6 is 0 Å². The van der Waals surface area contributed by atoms with E-state index in [9.17, 15) is 18.0 Å². The van der Waals surface area contributed by atoms with Crippen molar-refractivity contribution in [1.82, 2.24) is 14.9 Å². The van der Waals surface area contributed by atoms with E-state index >= 15 is 0 Å². The van der Waals surface area contributed by atoms with Gasteiger partial charge in [0.25, 0.3) is 5.91 Å². The summed E-state index contributed by atoms with van der Waals surface area (Å²) in [5, 5.41) is 1.05. The fraction of sp³-hybridized carbons (Fsp3) is 0.263. The highest BCUT2D eigenvalue weighted by atomic mass is 19.4. The van der Waals surface area contributed by atoms with Crippen LogP contribution in [0.25, 0.3) is 10.9 Å². The third-order valence-electron chi connectivity index (χ3n) is 4.68. The van der Waals surface area contributed by atoms with Crippen molar-refractivity contribution in [2.24, 2.45) is 0 Å². The van der Waals surface area contributed by atoms with Crippen molar-refractivity contribution in [3.8, 4) is 0 Å². The maximum absolute atomic E-state index is 12.8. The van der Waals surface area contributed by atoms with Crippen LogP contribution in [0.5, 0.6) is 0 Å². The molecule has 0 unspecified atom stereocenters. The van der Waals surface area contributed by atoms with Crippen LogP contribution in [0.1, 0.15) is 33.0 Å². The molecule has 0 aliphatic carbocycles. The number of aromatic amines is 1. The summed E-state index contributed by atoms with van der Waals surface area (Å²) >= 11 is 0. The number of aryl methyl sites for hydroxylation is 1. The highest BCUT2D eigenvalue weighted by molar-refractivity contribution is 5.93. The standard InChI is InChI=1S/C19H16F3N3O/c1-11-5-6-14-12(9-11)13-10-25(8-7-15(13)23-14)18(26)16-3-2-4-17(24-16)19(20,21)22/h2-6,9,23H,7-8,10H2,1H3. The average Bonchev–Trinajstić information content (AvgIpc) is 2.97. The molecular weight excluding hydrogens is 343 g/mol. The number of nitrogens with one attached hydrogen (secondary N) is 1. The number of pyridine rings is 1. The van der Waals surface area contributed by atoms with Crippen LogP contribution in [-0.4, -0.2) is 27.3 Å². The van der Waals surface area contributed by atoms with Gasteiger partial charge >= 0.3 is 6.18 Å². The largest absolute Gasteiger partial charge is 0.433 e. The van der Waals surface area contributed by atoms with E-state index in [-0.39, 0.29) is 5.69 Å². The lowest BCUT2D eigenvalue weighted by atomic mass is 10.0. The Kier molecular flexibility index (Phi) is 3.75. The molecule has 0 spiro atoms. The van der Waals surface area contributed by atoms with Crippen LogP contribution in [0.2, 0.25) is 0 Å². The summed E-state index contributed by atoms with van der Waals surface area (Å²) in [5.74, 6) is -0.483. The Balaban J connectivity index is 1.66. The minimum atomic E-state index is -4.57. The normalized spacial score (nSPS) is 14.5. The molecular formula is C19H16F3N3O. The summed E-state index contributed by atoms with van der Waals surface area (Å²) in [7, 11) is 0. The van der Waals surface area contributed by atoms with Gasteiger partial charge in [-0.2, -0.15) is 13.2 Å². The maximum Gasteiger partial charge on any atom is 0.433 e. The number of hydrogen-bond acceptors (Lipinski definition) is 2. The Bertz CT molecular complexity index is 1010. The first-order chi connectivity index (χ1) is 12.3. The van der Waals surface area contributed by atoms with Gasteiger partial charge in [-0.1, -0.05) is 17.7 Å². The molecule has 7 heteroatoms. The van der Waals surface area contributed by atoms with Crippen LogP contribution in [0.4, 0.5) is 13.2 Å². The first kappa shape index (κ1) is 16.6. The van der Waals surface area contributed by atoms with E-state index in [1.165, 1.54) is 12.1 Å². The van der Waals surface area contributed by atoms with Crippen molar-refractivity contribution in [3.05, 3.63) is 64.6 Å². The smallest absolute Gasteiger partial charge is 0.358 e. The summed E-state index contributed by atoms with van der Waals surface area (Å²) in [4.78, 5) is 21.1. The fourth-order valence-corrected chi connectivity index (χ4v) is 3.38. The number of carbonyl (C=O) groups excluding carboxylic acids is 1. The molecule has 0 fully saturated rings. The van der Waals surface area contributed by atoms with Gasteiger partial charge in [-0.15, -0.1) is 0 Å². The topological polar surface area (TPSA) is 49.0 Å². The zero-order chi connectivity index (χ0) is 18.5. The molecule has 4 nitrogen and oxygen atoms in total. The Morgan fingerprint density at radius 2 is 2.04 bits per heavy atom. The second-order valence-corrected chi connectivity index (χ2v) is 6.51. The number of halogens is 3. The van der Waals surface area contributed by atoms with E-state index in [1.807, 2.05) is 19.1 Å². The average molecular weight is 359 g/mol. The summed E-state index contributed by atoms with van der Waals surface area (Å²) in [6, 6.07) is 9.48. The van der Waals surface area contributed by atoms with Crippen LogP contribution in [0.3, 0.4) is 0 Å². The predicted molar refractivity (Wildman–Crippen MR) is 90.7 cm³/mol. The first-order valence-corrected chi connectivity index (χ1v) is 8.26. The number of H-pyrrole nitrogens is 1. The van der Waals surface area contributed by atoms with Crippen molar-refractivity contribution in [3.63, 3.8) is 0 Å². The van der Waals surface area contributed by atoms with E-state index in [2.05, 4.69) is 16.0 Å². The number of alkyl halides is 3. The van der Waals surface area contributed by atoms with E-state index < -0.39 is 17.8 Å². The second-order valence-electron chi connectivity index (χ2n) is 6.51. The van der Waals surface area contributed by atoms with Crippen molar-refractivity contribution >= 4 is 16.8 Å². The Morgan fingerprint density at radius 3 is 2.81 bits per heavy atom. The molecule has 1 aromatic carbocycles. The lowest BCUT2D eigenvalue weighted by Crippen LogP contribution is -2.36. The van der Waals surface area contributed by atoms with Gasteiger partial charge < -0.3 is 9.88 Å². The van der Waals surface area contributed by atoms with Crippen LogP contribution in [0, 0.1) is 6.92 Å². The number of aromatic nitrogens is 2. The predicted octanol–water partition coefficient (Wildman–Crippen LogP) is 4.09. The molecule has 0 radical (unpaired) electrons. The SMILES string of the molecule is Cc1ccc2[nH]c3c(c2c1)CN(C(=O)c1cccc(C(F)(F)F)n1)CC3. The molecule has 0 saturated heterocycles. The monoisotopic (exact) mass is 359 g/mol. The molecule has 3 heterocycles. The van der Waals surface area contributed by atoms with Gasteiger partial charge in [-0.25, -0.2) is 4.98 Å². The number of fused-ring (bicyclic) bond motifs is 3. The molecule has 0 saturated carbocycles. The van der Waals surface area contributed by atoms with Crippen LogP contribution in [0.15, 0.2) is 36.4 Å². The van der Waals surface area contributed by atoms with Crippen LogP contribution < -0.4 is 0 Å². The first-order valence-electron chi connectivity index (χ1n) is 8.26. The molecule has 1 amide bonds. The van der Waals surface area contributed by atoms with Gasteiger partial charge in [0.15, 0.2) is 0 Å². The van der Waals surface area contributed by atoms with Gasteiger partial charge in [-0.05, 0) is 31.2 Å². The number of amides is 1. The van der Waals surface area contributed by atoms with Gasteiger partial charge in [0.05, 0.1) is 0 Å². The Morgan fingerprint density at radius 1 is 1.23 bits per heavy atom. The van der Waals surface area contributed by atoms with E-state index in [0.29, 0.717) is 19.5 Å². The van der Waals surface area contributed by atoms with Gasteiger partial charge in [0, 0.05) is 41.7 Å². The molecule has 26 heavy (non-hydrogen) atoms. The molecule has 1 N–H and O–H groups in total. The molecule has 0 bridgehead atoms. The van der Waals surface area contributed by atoms with Crippen LogP contribution in [-0.2, 0) is 19.1 Å². The van der Waals surface area contributed by atoms with Crippen molar-refractivity contribution in [1.29, 1.82) is 0 Å². The minimum absolute atomic E-state index is 0.181. The zero-order valence-electron chi connectivity index (χ0n) is 14.0. The lowest BCUT2D eigenvalue weighted by Gasteiger charge is -2.27. The molecule has 3 aromatic rings. The highest BCUT2D eigenvalue weighted by Crippen LogP contribution is 2.30. The van der Waals surface area contributed by atoms with Gasteiger partial charge in [0.2, 0.25) is 0 Å². The fourth-order valence-electron chi connectivity index (χ4n) is 3.38. The van der Waals surface area contributed by atoms with Crippen molar-refractivity contribution in [2.75, 3.05) is 6.54 Å². The molecule has 1 aliphatic rings. The Labute approximate surface area is 147 Å². The Hall–Kier alpha value is -2.83. The third kappa shape index (κ3) is 2.83. The number of carbonyl (C=O) groups is 1. The van der Waals surface area contributed by atoms with E-state index in [4.69, 9.17) is 0 Å². The number of benzene rings is 1. The zero-order valence-corrected chi connectivity index (χ0v) is 14.0. The lowest BCUT2D eigenvalue weighted by molar-refractivity contribution is -0.141. The van der Waals surface area contributed by atoms with E-state index in [1.54, 1.807) is 4.90 Å². The third-order valence-corrected chi connectivity index (χ3v) is 4.68. The minimum Gasteiger partial charge on any atom is -0.358 e. The highest BCUT2D eigenvalue weighted by Gasteiger charge is 2.33. The molecule has 2 aromatic heterocycles. The maximum atomic E-state index is 12.8. The molecule has 1 aliphatic heterocycles. The van der Waals surface area contributed by atoms with Gasteiger partial charge in [-0.3, -0.25) is 4.79 Å². The molecule has 0 atom stereocenters. The summed E-state index contributed by atoms with van der Waals surface area (Å²) in [5.41, 5.74) is 2.99. The summed E-state index contributed by atoms with van der Waals surface area (Å²) in [6.07, 6.45) is -3.94. The summed E-state index contributed by atoms with van der Waals surface area (Å²) in [6.45, 7) is 2.79. The molecule has 134 valence electrons. The number of nitrogens with zero attached hydrogens (tertiary/aromatic N) is 2. The van der Waals surface area contributed by atoms with E-state index in [0.717, 1.165) is 33.8 Å². The van der Waals surface area contributed by atoms with Gasteiger partial charge in [0.1, 0.15) is 11.4 Å². The van der Waals surface area contributed by atoms with Crippen molar-refractivity contribution in [2.45, 2.75) is 26.1 Å². The number of hydrogen-bond donors (Lipinski definition) is 1. The molecule has 4 rings (SSSR count). The number of rotatable bonds is 1. The summed E-state index contributed by atoms with van der Waals surface area (Å²) < 4.78 is 38.5. The second kappa shape index (κ2) is 5.86. The van der Waals surface area contributed by atoms with Crippen molar-refractivity contribution < 1.29 is 18.0 Å². The quantitative estimate of drug-likeness (QED) is 0.711.